The molecule has 0 aromatic heterocycles. The van der Waals surface area contributed by atoms with Gasteiger partial charge in [-0.25, -0.2) is 4.79 Å². The van der Waals surface area contributed by atoms with Gasteiger partial charge in [0.15, 0.2) is 0 Å². The zero-order chi connectivity index (χ0) is 15.2. The number of likely N-dealkylation sites (tertiary alicyclic amines) is 1. The van der Waals surface area contributed by atoms with Crippen LogP contribution in [0, 0.1) is 0 Å². The van der Waals surface area contributed by atoms with E-state index < -0.39 is 0 Å². The molecule has 1 heterocycles. The zero-order valence-electron chi connectivity index (χ0n) is 12.2. The van der Waals surface area contributed by atoms with E-state index in [0.29, 0.717) is 15.7 Å². The Hall–Kier alpha value is -0.970. The first-order valence-electron chi connectivity index (χ1n) is 7.33. The third-order valence-corrected chi connectivity index (χ3v) is 4.35. The SMILES string of the molecule is CCCCN1CCC(NC(=O)Nc2ccc(Cl)c(Cl)c2)C1. The molecule has 2 rings (SSSR count). The van der Waals surface area contributed by atoms with E-state index in [9.17, 15) is 4.79 Å². The van der Waals surface area contributed by atoms with Gasteiger partial charge in [0, 0.05) is 24.8 Å². The number of halogens is 2. The summed E-state index contributed by atoms with van der Waals surface area (Å²) in [4.78, 5) is 14.4. The Morgan fingerprint density at radius 3 is 2.90 bits per heavy atom. The van der Waals surface area contributed by atoms with Crippen LogP contribution >= 0.6 is 23.2 Å². The van der Waals surface area contributed by atoms with Gasteiger partial charge in [0.1, 0.15) is 0 Å². The van der Waals surface area contributed by atoms with Crippen LogP contribution in [0.5, 0.6) is 0 Å². The van der Waals surface area contributed by atoms with E-state index in [4.69, 9.17) is 23.2 Å². The number of hydrogen-bond acceptors (Lipinski definition) is 2. The van der Waals surface area contributed by atoms with Crippen LogP contribution in [0.15, 0.2) is 18.2 Å². The lowest BCUT2D eigenvalue weighted by Crippen LogP contribution is -2.39. The molecule has 1 aliphatic rings. The maximum atomic E-state index is 12.0. The molecule has 2 amide bonds. The number of anilines is 1. The topological polar surface area (TPSA) is 44.4 Å². The number of carbonyl (C=O) groups is 1. The lowest BCUT2D eigenvalue weighted by molar-refractivity contribution is 0.247. The molecule has 21 heavy (non-hydrogen) atoms. The highest BCUT2D eigenvalue weighted by Gasteiger charge is 2.23. The number of rotatable bonds is 5. The molecule has 0 radical (unpaired) electrons. The monoisotopic (exact) mass is 329 g/mol. The summed E-state index contributed by atoms with van der Waals surface area (Å²) in [6.07, 6.45) is 3.41. The molecule has 0 bridgehead atoms. The van der Waals surface area contributed by atoms with E-state index in [2.05, 4.69) is 22.5 Å². The van der Waals surface area contributed by atoms with E-state index in [1.54, 1.807) is 18.2 Å². The predicted octanol–water partition coefficient (Wildman–Crippen LogP) is 3.99. The maximum Gasteiger partial charge on any atom is 0.319 e. The molecule has 6 heteroatoms. The van der Waals surface area contributed by atoms with Gasteiger partial charge >= 0.3 is 6.03 Å². The Labute approximate surface area is 135 Å². The van der Waals surface area contributed by atoms with Crippen LogP contribution in [0.3, 0.4) is 0 Å². The first-order chi connectivity index (χ1) is 10.1. The van der Waals surface area contributed by atoms with Gasteiger partial charge in [0.05, 0.1) is 10.0 Å². The summed E-state index contributed by atoms with van der Waals surface area (Å²) in [5.41, 5.74) is 0.641. The molecule has 1 unspecified atom stereocenters. The van der Waals surface area contributed by atoms with Gasteiger partial charge in [-0.05, 0) is 37.6 Å². The molecule has 1 atom stereocenters. The van der Waals surface area contributed by atoms with Crippen molar-refractivity contribution in [2.75, 3.05) is 25.0 Å². The zero-order valence-corrected chi connectivity index (χ0v) is 13.7. The maximum absolute atomic E-state index is 12.0. The van der Waals surface area contributed by atoms with Crippen molar-refractivity contribution in [2.24, 2.45) is 0 Å². The smallest absolute Gasteiger partial charge is 0.319 e. The molecule has 1 saturated heterocycles. The Balaban J connectivity index is 1.78. The number of urea groups is 1. The van der Waals surface area contributed by atoms with E-state index in [1.165, 1.54) is 12.8 Å². The second kappa shape index (κ2) is 7.87. The second-order valence-electron chi connectivity index (χ2n) is 5.37. The Morgan fingerprint density at radius 2 is 2.19 bits per heavy atom. The average Bonchev–Trinajstić information content (AvgIpc) is 2.88. The van der Waals surface area contributed by atoms with Crippen molar-refractivity contribution in [2.45, 2.75) is 32.2 Å². The minimum Gasteiger partial charge on any atom is -0.334 e. The summed E-state index contributed by atoms with van der Waals surface area (Å²) >= 11 is 11.8. The molecule has 1 fully saturated rings. The number of hydrogen-bond donors (Lipinski definition) is 2. The minimum atomic E-state index is -0.198. The Bertz CT molecular complexity index is 496. The molecule has 0 spiro atoms. The molecular formula is C15H21Cl2N3O. The summed E-state index contributed by atoms with van der Waals surface area (Å²) in [6, 6.07) is 5.06. The average molecular weight is 330 g/mol. The van der Waals surface area contributed by atoms with Gasteiger partial charge in [-0.2, -0.15) is 0 Å². The van der Waals surface area contributed by atoms with Crippen LogP contribution in [0.1, 0.15) is 26.2 Å². The highest BCUT2D eigenvalue weighted by molar-refractivity contribution is 6.42. The highest BCUT2D eigenvalue weighted by Crippen LogP contribution is 2.25. The van der Waals surface area contributed by atoms with Crippen LogP contribution in [0.4, 0.5) is 10.5 Å². The van der Waals surface area contributed by atoms with Gasteiger partial charge in [-0.15, -0.1) is 0 Å². The van der Waals surface area contributed by atoms with E-state index in [0.717, 1.165) is 26.1 Å². The van der Waals surface area contributed by atoms with Gasteiger partial charge in [-0.3, -0.25) is 0 Å². The van der Waals surface area contributed by atoms with E-state index in [1.807, 2.05) is 0 Å². The van der Waals surface area contributed by atoms with Gasteiger partial charge in [0.25, 0.3) is 0 Å². The molecule has 1 aromatic rings. The predicted molar refractivity (Wildman–Crippen MR) is 88.4 cm³/mol. The van der Waals surface area contributed by atoms with Crippen molar-refractivity contribution < 1.29 is 4.79 Å². The fourth-order valence-electron chi connectivity index (χ4n) is 2.46. The highest BCUT2D eigenvalue weighted by atomic mass is 35.5. The normalized spacial score (nSPS) is 18.7. The van der Waals surface area contributed by atoms with Crippen LogP contribution in [-0.2, 0) is 0 Å². The van der Waals surface area contributed by atoms with Crippen LogP contribution < -0.4 is 10.6 Å². The number of nitrogens with zero attached hydrogens (tertiary/aromatic N) is 1. The van der Waals surface area contributed by atoms with Crippen LogP contribution in [0.25, 0.3) is 0 Å². The molecule has 1 aliphatic heterocycles. The molecular weight excluding hydrogens is 309 g/mol. The molecule has 1 aromatic carbocycles. The van der Waals surface area contributed by atoms with Gasteiger partial charge < -0.3 is 15.5 Å². The second-order valence-corrected chi connectivity index (χ2v) is 6.18. The van der Waals surface area contributed by atoms with Crippen molar-refractivity contribution in [1.82, 2.24) is 10.2 Å². The number of amides is 2. The molecule has 4 nitrogen and oxygen atoms in total. The standard InChI is InChI=1S/C15H21Cl2N3O/c1-2-3-7-20-8-6-12(10-20)19-15(21)18-11-4-5-13(16)14(17)9-11/h4-5,9,12H,2-3,6-8,10H2,1H3,(H2,18,19,21). The minimum absolute atomic E-state index is 0.198. The summed E-state index contributed by atoms with van der Waals surface area (Å²) in [5, 5.41) is 6.69. The van der Waals surface area contributed by atoms with Crippen LogP contribution in [-0.4, -0.2) is 36.6 Å². The van der Waals surface area contributed by atoms with Gasteiger partial charge in [-0.1, -0.05) is 36.5 Å². The summed E-state index contributed by atoms with van der Waals surface area (Å²) in [5.74, 6) is 0. The van der Waals surface area contributed by atoms with Crippen molar-refractivity contribution in [3.63, 3.8) is 0 Å². The quantitative estimate of drug-likeness (QED) is 0.857. The van der Waals surface area contributed by atoms with E-state index >= 15 is 0 Å². The third-order valence-electron chi connectivity index (χ3n) is 3.61. The summed E-state index contributed by atoms with van der Waals surface area (Å²) in [7, 11) is 0. The number of carbonyl (C=O) groups excluding carboxylic acids is 1. The lowest BCUT2D eigenvalue weighted by atomic mass is 10.2. The van der Waals surface area contributed by atoms with Gasteiger partial charge in [0.2, 0.25) is 0 Å². The molecule has 2 N–H and O–H groups in total. The fraction of sp³-hybridized carbons (Fsp3) is 0.533. The van der Waals surface area contributed by atoms with E-state index in [-0.39, 0.29) is 12.1 Å². The molecule has 0 saturated carbocycles. The molecule has 0 aliphatic carbocycles. The first-order valence-corrected chi connectivity index (χ1v) is 8.09. The largest absolute Gasteiger partial charge is 0.334 e. The number of unbranched alkanes of at least 4 members (excludes halogenated alkanes) is 1. The van der Waals surface area contributed by atoms with Crippen molar-refractivity contribution in [3.05, 3.63) is 28.2 Å². The van der Waals surface area contributed by atoms with Crippen LogP contribution in [0.2, 0.25) is 10.0 Å². The fourth-order valence-corrected chi connectivity index (χ4v) is 2.76. The summed E-state index contributed by atoms with van der Waals surface area (Å²) < 4.78 is 0. The lowest BCUT2D eigenvalue weighted by Gasteiger charge is -2.16. The first kappa shape index (κ1) is 16.4. The number of nitrogens with one attached hydrogen (secondary N) is 2. The van der Waals surface area contributed by atoms with Crippen molar-refractivity contribution in [1.29, 1.82) is 0 Å². The summed E-state index contributed by atoms with van der Waals surface area (Å²) in [6.45, 7) is 5.28. The Morgan fingerprint density at radius 1 is 1.38 bits per heavy atom. The molecule has 116 valence electrons. The third kappa shape index (κ3) is 5.06. The Kier molecular flexibility index (Phi) is 6.15. The number of benzene rings is 1. The van der Waals surface area contributed by atoms with Crippen molar-refractivity contribution >= 4 is 34.9 Å². The van der Waals surface area contributed by atoms with Crippen molar-refractivity contribution in [3.8, 4) is 0 Å².